The number of hydrogen-bond donors (Lipinski definition) is 1. The van der Waals surface area contributed by atoms with Crippen LogP contribution in [0.4, 0.5) is 0 Å². The Balaban J connectivity index is 1.95. The monoisotopic (exact) mass is 341 g/mol. The Hall–Kier alpha value is -3.09. The first-order chi connectivity index (χ1) is 12.1. The average molecular weight is 341 g/mol. The zero-order valence-corrected chi connectivity index (χ0v) is 13.9. The lowest BCUT2D eigenvalue weighted by atomic mass is 10.2. The Morgan fingerprint density at radius 1 is 1.12 bits per heavy atom. The molecule has 3 aromatic rings. The van der Waals surface area contributed by atoms with Gasteiger partial charge in [0.15, 0.2) is 0 Å². The Bertz CT molecular complexity index is 999. The number of hydrogen-bond acceptors (Lipinski definition) is 4. The highest BCUT2D eigenvalue weighted by Gasteiger charge is 2.14. The van der Waals surface area contributed by atoms with Gasteiger partial charge >= 0.3 is 5.69 Å². The second-order valence-electron chi connectivity index (χ2n) is 5.70. The van der Waals surface area contributed by atoms with Gasteiger partial charge in [0.05, 0.1) is 23.7 Å². The molecule has 3 rings (SSSR count). The van der Waals surface area contributed by atoms with Crippen molar-refractivity contribution in [3.63, 3.8) is 0 Å². The third kappa shape index (κ3) is 3.40. The van der Waals surface area contributed by atoms with Crippen molar-refractivity contribution >= 4 is 16.8 Å². The number of amides is 1. The summed E-state index contributed by atoms with van der Waals surface area (Å²) in [4.78, 5) is 37.4. The van der Waals surface area contributed by atoms with Crippen LogP contribution < -0.4 is 16.6 Å². The van der Waals surface area contributed by atoms with E-state index in [-0.39, 0.29) is 24.6 Å². The molecular weight excluding hydrogens is 322 g/mol. The zero-order valence-electron chi connectivity index (χ0n) is 13.9. The van der Waals surface area contributed by atoms with Crippen molar-refractivity contribution in [2.75, 3.05) is 0 Å². The van der Waals surface area contributed by atoms with E-state index in [2.05, 4.69) is 5.32 Å². The van der Waals surface area contributed by atoms with Gasteiger partial charge in [-0.2, -0.15) is 0 Å². The first-order valence-corrected chi connectivity index (χ1v) is 8.13. The molecule has 0 aliphatic rings. The van der Waals surface area contributed by atoms with Gasteiger partial charge in [0.1, 0.15) is 12.3 Å². The predicted molar refractivity (Wildman–Crippen MR) is 93.3 cm³/mol. The average Bonchev–Trinajstić information content (AvgIpc) is 3.14. The molecule has 1 amide bonds. The Kier molecular flexibility index (Phi) is 4.83. The van der Waals surface area contributed by atoms with Gasteiger partial charge in [-0.1, -0.05) is 19.1 Å². The summed E-state index contributed by atoms with van der Waals surface area (Å²) >= 11 is 0. The van der Waals surface area contributed by atoms with Gasteiger partial charge in [-0.15, -0.1) is 0 Å². The second kappa shape index (κ2) is 7.21. The predicted octanol–water partition coefficient (Wildman–Crippen LogP) is 1.48. The summed E-state index contributed by atoms with van der Waals surface area (Å²) in [6.07, 6.45) is 2.18. The minimum absolute atomic E-state index is 0.163. The van der Waals surface area contributed by atoms with Gasteiger partial charge < -0.3 is 9.73 Å². The van der Waals surface area contributed by atoms with Crippen LogP contribution in [0.5, 0.6) is 0 Å². The molecule has 0 aliphatic carbocycles. The first-order valence-electron chi connectivity index (χ1n) is 8.13. The molecule has 7 nitrogen and oxygen atoms in total. The quantitative estimate of drug-likeness (QED) is 0.736. The maximum atomic E-state index is 12.7. The van der Waals surface area contributed by atoms with Crippen LogP contribution in [0, 0.1) is 0 Å². The van der Waals surface area contributed by atoms with E-state index < -0.39 is 5.69 Å². The van der Waals surface area contributed by atoms with Crippen molar-refractivity contribution < 1.29 is 9.21 Å². The van der Waals surface area contributed by atoms with E-state index in [0.717, 1.165) is 0 Å². The van der Waals surface area contributed by atoms with Crippen LogP contribution in [-0.2, 0) is 24.4 Å². The number of rotatable bonds is 6. The van der Waals surface area contributed by atoms with Crippen LogP contribution in [-0.4, -0.2) is 15.0 Å². The number of nitrogens with zero attached hydrogens (tertiary/aromatic N) is 2. The number of aromatic nitrogens is 2. The maximum absolute atomic E-state index is 12.7. The largest absolute Gasteiger partial charge is 0.467 e. The lowest BCUT2D eigenvalue weighted by Gasteiger charge is -2.13. The normalized spacial score (nSPS) is 10.9. The number of para-hydroxylation sites is 1. The van der Waals surface area contributed by atoms with Crippen molar-refractivity contribution in [3.05, 3.63) is 69.3 Å². The van der Waals surface area contributed by atoms with Crippen LogP contribution >= 0.6 is 0 Å². The fraction of sp³-hybridized carbons (Fsp3) is 0.278. The van der Waals surface area contributed by atoms with Crippen LogP contribution in [0.2, 0.25) is 0 Å². The number of carbonyl (C=O) groups excluding carboxylic acids is 1. The third-order valence-corrected chi connectivity index (χ3v) is 3.92. The summed E-state index contributed by atoms with van der Waals surface area (Å²) in [5.41, 5.74) is -0.341. The Labute approximate surface area is 143 Å². The summed E-state index contributed by atoms with van der Waals surface area (Å²) in [6, 6.07) is 10.3. The summed E-state index contributed by atoms with van der Waals surface area (Å²) in [5.74, 6) is 0.298. The Morgan fingerprint density at radius 2 is 1.92 bits per heavy atom. The molecule has 0 radical (unpaired) electrons. The van der Waals surface area contributed by atoms with Gasteiger partial charge in [0.25, 0.3) is 5.56 Å². The number of benzene rings is 1. The lowest BCUT2D eigenvalue weighted by molar-refractivity contribution is -0.121. The first kappa shape index (κ1) is 16.8. The van der Waals surface area contributed by atoms with E-state index in [1.807, 2.05) is 6.92 Å². The fourth-order valence-corrected chi connectivity index (χ4v) is 2.74. The highest BCUT2D eigenvalue weighted by Crippen LogP contribution is 2.07. The van der Waals surface area contributed by atoms with Crippen LogP contribution in [0.3, 0.4) is 0 Å². The third-order valence-electron chi connectivity index (χ3n) is 3.92. The number of carbonyl (C=O) groups is 1. The van der Waals surface area contributed by atoms with Crippen LogP contribution in [0.1, 0.15) is 19.1 Å². The number of nitrogens with one attached hydrogen (secondary N) is 1. The minimum Gasteiger partial charge on any atom is -0.467 e. The van der Waals surface area contributed by atoms with E-state index in [4.69, 9.17) is 4.42 Å². The molecule has 0 bridgehead atoms. The molecule has 0 saturated carbocycles. The molecule has 2 heterocycles. The van der Waals surface area contributed by atoms with E-state index in [1.165, 1.54) is 15.4 Å². The molecule has 2 aromatic heterocycles. The van der Waals surface area contributed by atoms with E-state index in [0.29, 0.717) is 29.6 Å². The molecule has 0 saturated heterocycles. The van der Waals surface area contributed by atoms with Gasteiger partial charge in [-0.05, 0) is 30.7 Å². The zero-order chi connectivity index (χ0) is 17.8. The lowest BCUT2D eigenvalue weighted by Crippen LogP contribution is -2.42. The molecule has 0 fully saturated rings. The molecule has 1 N–H and O–H groups in total. The van der Waals surface area contributed by atoms with Crippen molar-refractivity contribution in [1.29, 1.82) is 0 Å². The van der Waals surface area contributed by atoms with Crippen LogP contribution in [0.15, 0.2) is 56.7 Å². The molecule has 7 heteroatoms. The molecule has 0 unspecified atom stereocenters. The molecule has 130 valence electrons. The van der Waals surface area contributed by atoms with E-state index in [9.17, 15) is 14.4 Å². The highest BCUT2D eigenvalue weighted by atomic mass is 16.3. The second-order valence-corrected chi connectivity index (χ2v) is 5.70. The standard InChI is InChI=1S/C18H19N3O4/c1-2-9-20-17(23)14-7-3-4-8-15(14)21(18(20)24)12-16(22)19-11-13-6-5-10-25-13/h3-8,10H,2,9,11-12H2,1H3,(H,19,22). The molecule has 0 spiro atoms. The van der Waals surface area contributed by atoms with Gasteiger partial charge in [0, 0.05) is 6.54 Å². The van der Waals surface area contributed by atoms with Crippen molar-refractivity contribution in [3.8, 4) is 0 Å². The van der Waals surface area contributed by atoms with Crippen molar-refractivity contribution in [1.82, 2.24) is 14.5 Å². The number of furan rings is 1. The minimum atomic E-state index is -0.473. The summed E-state index contributed by atoms with van der Waals surface area (Å²) in [6.45, 7) is 2.29. The summed E-state index contributed by atoms with van der Waals surface area (Å²) in [7, 11) is 0. The van der Waals surface area contributed by atoms with E-state index >= 15 is 0 Å². The van der Waals surface area contributed by atoms with Gasteiger partial charge in [-0.25, -0.2) is 4.79 Å². The van der Waals surface area contributed by atoms with Crippen LogP contribution in [0.25, 0.3) is 10.9 Å². The molecular formula is C18H19N3O4. The Morgan fingerprint density at radius 3 is 2.64 bits per heavy atom. The molecule has 25 heavy (non-hydrogen) atoms. The number of fused-ring (bicyclic) bond motifs is 1. The van der Waals surface area contributed by atoms with E-state index in [1.54, 1.807) is 36.4 Å². The topological polar surface area (TPSA) is 86.2 Å². The molecule has 0 aliphatic heterocycles. The van der Waals surface area contributed by atoms with Gasteiger partial charge in [-0.3, -0.25) is 18.7 Å². The van der Waals surface area contributed by atoms with Crippen molar-refractivity contribution in [2.45, 2.75) is 33.0 Å². The molecule has 0 atom stereocenters. The molecule has 1 aromatic carbocycles. The maximum Gasteiger partial charge on any atom is 0.331 e. The fourth-order valence-electron chi connectivity index (χ4n) is 2.74. The van der Waals surface area contributed by atoms with Gasteiger partial charge in [0.2, 0.25) is 5.91 Å². The summed E-state index contributed by atoms with van der Waals surface area (Å²) < 4.78 is 7.69. The highest BCUT2D eigenvalue weighted by molar-refractivity contribution is 5.81. The smallest absolute Gasteiger partial charge is 0.331 e. The van der Waals surface area contributed by atoms with Crippen molar-refractivity contribution in [2.24, 2.45) is 0 Å². The SMILES string of the molecule is CCCn1c(=O)c2ccccc2n(CC(=O)NCc2ccco2)c1=O. The summed E-state index contributed by atoms with van der Waals surface area (Å²) in [5, 5.41) is 3.14.